The SMILES string of the molecule is COC(=O)C1CCN(c2ncccc2S(C)(=O)=O)CC1. The minimum absolute atomic E-state index is 0.110. The van der Waals surface area contributed by atoms with Crippen LogP contribution in [0.3, 0.4) is 0 Å². The fourth-order valence-electron chi connectivity index (χ4n) is 2.40. The van der Waals surface area contributed by atoms with E-state index >= 15 is 0 Å². The number of ether oxygens (including phenoxy) is 1. The van der Waals surface area contributed by atoms with Gasteiger partial charge in [0.25, 0.3) is 0 Å². The molecule has 0 aliphatic carbocycles. The number of carbonyl (C=O) groups is 1. The number of hydrogen-bond donors (Lipinski definition) is 0. The van der Waals surface area contributed by atoms with Crippen LogP contribution in [-0.2, 0) is 19.4 Å². The Morgan fingerprint density at radius 2 is 2.05 bits per heavy atom. The van der Waals surface area contributed by atoms with Crippen LogP contribution in [0.5, 0.6) is 0 Å². The fraction of sp³-hybridized carbons (Fsp3) is 0.538. The first kappa shape index (κ1) is 14.8. The van der Waals surface area contributed by atoms with Crippen LogP contribution in [0.2, 0.25) is 0 Å². The molecular formula is C13H18N2O4S. The number of aromatic nitrogens is 1. The quantitative estimate of drug-likeness (QED) is 0.771. The average Bonchev–Trinajstić information content (AvgIpc) is 2.46. The largest absolute Gasteiger partial charge is 0.469 e. The van der Waals surface area contributed by atoms with Crippen molar-refractivity contribution in [3.8, 4) is 0 Å². The summed E-state index contributed by atoms with van der Waals surface area (Å²) in [5.74, 6) is 0.161. The van der Waals surface area contributed by atoms with Gasteiger partial charge >= 0.3 is 5.97 Å². The number of esters is 1. The summed E-state index contributed by atoms with van der Waals surface area (Å²) in [6.45, 7) is 1.19. The predicted molar refractivity (Wildman–Crippen MR) is 74.3 cm³/mol. The monoisotopic (exact) mass is 298 g/mol. The minimum atomic E-state index is -3.31. The predicted octanol–water partition coefficient (Wildman–Crippen LogP) is 0.874. The minimum Gasteiger partial charge on any atom is -0.469 e. The molecule has 1 aliphatic rings. The van der Waals surface area contributed by atoms with Gasteiger partial charge in [-0.3, -0.25) is 4.79 Å². The number of carbonyl (C=O) groups excluding carboxylic acids is 1. The molecular weight excluding hydrogens is 280 g/mol. The van der Waals surface area contributed by atoms with E-state index in [0.717, 1.165) is 0 Å². The summed E-state index contributed by atoms with van der Waals surface area (Å²) >= 11 is 0. The number of methoxy groups -OCH3 is 1. The van der Waals surface area contributed by atoms with Crippen molar-refractivity contribution < 1.29 is 17.9 Å². The second kappa shape index (κ2) is 5.78. The Bertz CT molecular complexity index is 592. The van der Waals surface area contributed by atoms with Gasteiger partial charge in [0.1, 0.15) is 10.7 Å². The van der Waals surface area contributed by atoms with Crippen molar-refractivity contribution in [3.05, 3.63) is 18.3 Å². The van der Waals surface area contributed by atoms with E-state index < -0.39 is 9.84 Å². The summed E-state index contributed by atoms with van der Waals surface area (Å²) in [5.41, 5.74) is 0. The highest BCUT2D eigenvalue weighted by Crippen LogP contribution is 2.27. The van der Waals surface area contributed by atoms with Crippen molar-refractivity contribution in [3.63, 3.8) is 0 Å². The van der Waals surface area contributed by atoms with Gasteiger partial charge < -0.3 is 9.64 Å². The molecule has 1 fully saturated rings. The van der Waals surface area contributed by atoms with E-state index in [-0.39, 0.29) is 16.8 Å². The van der Waals surface area contributed by atoms with Crippen molar-refractivity contribution in [2.45, 2.75) is 17.7 Å². The standard InChI is InChI=1S/C13H18N2O4S/c1-19-13(16)10-5-8-15(9-6-10)12-11(20(2,17)18)4-3-7-14-12/h3-4,7,10H,5-6,8-9H2,1-2H3. The molecule has 0 radical (unpaired) electrons. The number of sulfone groups is 1. The van der Waals surface area contributed by atoms with E-state index in [1.807, 2.05) is 4.90 Å². The molecule has 0 bridgehead atoms. The van der Waals surface area contributed by atoms with Crippen molar-refractivity contribution in [2.24, 2.45) is 5.92 Å². The lowest BCUT2D eigenvalue weighted by molar-refractivity contribution is -0.146. The van der Waals surface area contributed by atoms with Crippen LogP contribution in [0, 0.1) is 5.92 Å². The Kier molecular flexibility index (Phi) is 4.27. The maximum Gasteiger partial charge on any atom is 0.308 e. The summed E-state index contributed by atoms with van der Waals surface area (Å²) in [4.78, 5) is 17.8. The molecule has 1 aromatic rings. The third-order valence-electron chi connectivity index (χ3n) is 3.48. The van der Waals surface area contributed by atoms with Crippen LogP contribution in [0.15, 0.2) is 23.2 Å². The first-order valence-electron chi connectivity index (χ1n) is 6.41. The number of anilines is 1. The molecule has 110 valence electrons. The Labute approximate surface area is 118 Å². The first-order valence-corrected chi connectivity index (χ1v) is 8.30. The van der Waals surface area contributed by atoms with Crippen LogP contribution >= 0.6 is 0 Å². The number of rotatable bonds is 3. The number of nitrogens with zero attached hydrogens (tertiary/aromatic N) is 2. The van der Waals surface area contributed by atoms with Crippen LogP contribution in [0.25, 0.3) is 0 Å². The molecule has 0 spiro atoms. The summed E-state index contributed by atoms with van der Waals surface area (Å²) in [5, 5.41) is 0. The van der Waals surface area contributed by atoms with Crippen LogP contribution in [-0.4, -0.2) is 45.8 Å². The molecule has 6 nitrogen and oxygen atoms in total. The maximum absolute atomic E-state index is 11.8. The van der Waals surface area contributed by atoms with Gasteiger partial charge in [-0.15, -0.1) is 0 Å². The zero-order chi connectivity index (χ0) is 14.8. The van der Waals surface area contributed by atoms with Crippen LogP contribution in [0.4, 0.5) is 5.82 Å². The molecule has 0 saturated carbocycles. The number of pyridine rings is 1. The van der Waals surface area contributed by atoms with E-state index in [1.165, 1.54) is 13.4 Å². The van der Waals surface area contributed by atoms with E-state index in [4.69, 9.17) is 4.74 Å². The second-order valence-corrected chi connectivity index (χ2v) is 6.87. The summed E-state index contributed by atoms with van der Waals surface area (Å²) in [6, 6.07) is 3.17. The summed E-state index contributed by atoms with van der Waals surface area (Å²) < 4.78 is 28.3. The number of hydrogen-bond acceptors (Lipinski definition) is 6. The molecule has 0 amide bonds. The summed E-state index contributed by atoms with van der Waals surface area (Å²) in [6.07, 6.45) is 4.05. The highest BCUT2D eigenvalue weighted by atomic mass is 32.2. The van der Waals surface area contributed by atoms with E-state index in [1.54, 1.807) is 18.3 Å². The maximum atomic E-state index is 11.8. The first-order chi connectivity index (χ1) is 9.43. The molecule has 20 heavy (non-hydrogen) atoms. The average molecular weight is 298 g/mol. The molecule has 1 aromatic heterocycles. The zero-order valence-corrected chi connectivity index (χ0v) is 12.4. The highest BCUT2D eigenvalue weighted by Gasteiger charge is 2.28. The lowest BCUT2D eigenvalue weighted by Gasteiger charge is -2.32. The highest BCUT2D eigenvalue weighted by molar-refractivity contribution is 7.90. The zero-order valence-electron chi connectivity index (χ0n) is 11.6. The van der Waals surface area contributed by atoms with Crippen molar-refractivity contribution in [2.75, 3.05) is 31.4 Å². The Morgan fingerprint density at radius 1 is 1.40 bits per heavy atom. The molecule has 0 aromatic carbocycles. The molecule has 7 heteroatoms. The lowest BCUT2D eigenvalue weighted by atomic mass is 9.97. The van der Waals surface area contributed by atoms with E-state index in [2.05, 4.69) is 4.98 Å². The van der Waals surface area contributed by atoms with Gasteiger partial charge in [-0.1, -0.05) is 0 Å². The van der Waals surface area contributed by atoms with Gasteiger partial charge in [0.15, 0.2) is 9.84 Å². The molecule has 1 aliphatic heterocycles. The van der Waals surface area contributed by atoms with Gasteiger partial charge in [0.05, 0.1) is 13.0 Å². The molecule has 2 heterocycles. The molecule has 0 atom stereocenters. The van der Waals surface area contributed by atoms with Crippen molar-refractivity contribution in [1.29, 1.82) is 0 Å². The van der Waals surface area contributed by atoms with Crippen LogP contribution < -0.4 is 4.90 Å². The number of piperidine rings is 1. The Hall–Kier alpha value is -1.63. The molecule has 0 N–H and O–H groups in total. The van der Waals surface area contributed by atoms with Gasteiger partial charge in [-0.2, -0.15) is 0 Å². The smallest absolute Gasteiger partial charge is 0.308 e. The fourth-order valence-corrected chi connectivity index (χ4v) is 3.24. The molecule has 1 saturated heterocycles. The topological polar surface area (TPSA) is 76.6 Å². The van der Waals surface area contributed by atoms with Crippen LogP contribution in [0.1, 0.15) is 12.8 Å². The normalized spacial score (nSPS) is 17.0. The second-order valence-electron chi connectivity index (χ2n) is 4.88. The van der Waals surface area contributed by atoms with Gasteiger partial charge in [0.2, 0.25) is 0 Å². The Balaban J connectivity index is 2.18. The lowest BCUT2D eigenvalue weighted by Crippen LogP contribution is -2.37. The Morgan fingerprint density at radius 3 is 2.60 bits per heavy atom. The summed E-state index contributed by atoms with van der Waals surface area (Å²) in [7, 11) is -1.93. The third kappa shape index (κ3) is 3.09. The molecule has 0 unspecified atom stereocenters. The van der Waals surface area contributed by atoms with E-state index in [0.29, 0.717) is 31.7 Å². The van der Waals surface area contributed by atoms with Crippen molar-refractivity contribution in [1.82, 2.24) is 4.98 Å². The van der Waals surface area contributed by atoms with E-state index in [9.17, 15) is 13.2 Å². The van der Waals surface area contributed by atoms with Gasteiger partial charge in [0, 0.05) is 25.5 Å². The van der Waals surface area contributed by atoms with Gasteiger partial charge in [-0.25, -0.2) is 13.4 Å². The molecule has 2 rings (SSSR count). The van der Waals surface area contributed by atoms with Gasteiger partial charge in [-0.05, 0) is 25.0 Å². The third-order valence-corrected chi connectivity index (χ3v) is 4.60. The van der Waals surface area contributed by atoms with Crippen molar-refractivity contribution >= 4 is 21.6 Å².